The summed E-state index contributed by atoms with van der Waals surface area (Å²) in [5, 5.41) is 3.38. The molecule has 12 heavy (non-hydrogen) atoms. The van der Waals surface area contributed by atoms with Crippen LogP contribution in [0.25, 0.3) is 0 Å². The van der Waals surface area contributed by atoms with Crippen LogP contribution in [0, 0.1) is 5.82 Å². The summed E-state index contributed by atoms with van der Waals surface area (Å²) < 4.78 is 12.9. The monoisotopic (exact) mass is 185 g/mol. The van der Waals surface area contributed by atoms with Gasteiger partial charge in [0.15, 0.2) is 0 Å². The fraction of sp³-hybridized carbons (Fsp3) is 0.333. The second-order valence-electron chi connectivity index (χ2n) is 2.95. The summed E-state index contributed by atoms with van der Waals surface area (Å²) in [6, 6.07) is 3.18. The number of fused-ring (bicyclic) bond motifs is 1. The minimum Gasteiger partial charge on any atom is -0.385 e. The van der Waals surface area contributed by atoms with Gasteiger partial charge >= 0.3 is 0 Å². The summed E-state index contributed by atoms with van der Waals surface area (Å²) in [7, 11) is 0. The van der Waals surface area contributed by atoms with Crippen molar-refractivity contribution >= 4 is 17.3 Å². The molecule has 0 spiro atoms. The molecule has 1 aromatic carbocycles. The lowest BCUT2D eigenvalue weighted by Crippen LogP contribution is -2.11. The van der Waals surface area contributed by atoms with Gasteiger partial charge in [-0.1, -0.05) is 11.6 Å². The average Bonchev–Trinajstić information content (AvgIpc) is 2.07. The van der Waals surface area contributed by atoms with E-state index in [4.69, 9.17) is 11.6 Å². The van der Waals surface area contributed by atoms with E-state index in [2.05, 4.69) is 5.32 Å². The van der Waals surface area contributed by atoms with Crippen molar-refractivity contribution < 1.29 is 4.39 Å². The molecule has 0 radical (unpaired) electrons. The Balaban J connectivity index is 2.49. The third-order valence-electron chi connectivity index (χ3n) is 2.08. The number of hydrogen-bond acceptors (Lipinski definition) is 1. The van der Waals surface area contributed by atoms with Crippen molar-refractivity contribution in [1.29, 1.82) is 0 Å². The third kappa shape index (κ3) is 1.27. The normalized spacial score (nSPS) is 15.2. The van der Waals surface area contributed by atoms with Crippen LogP contribution in [0.4, 0.5) is 10.1 Å². The van der Waals surface area contributed by atoms with E-state index in [9.17, 15) is 4.39 Å². The molecule has 2 rings (SSSR count). The van der Waals surface area contributed by atoms with E-state index >= 15 is 0 Å². The van der Waals surface area contributed by atoms with Crippen molar-refractivity contribution in [2.75, 3.05) is 11.9 Å². The van der Waals surface area contributed by atoms with Gasteiger partial charge in [-0.25, -0.2) is 4.39 Å². The Morgan fingerprint density at radius 2 is 2.25 bits per heavy atom. The van der Waals surface area contributed by atoms with Gasteiger partial charge in [0.25, 0.3) is 0 Å². The highest BCUT2D eigenvalue weighted by Gasteiger charge is 2.11. The lowest BCUT2D eigenvalue weighted by Gasteiger charge is -2.17. The Morgan fingerprint density at radius 3 is 3.08 bits per heavy atom. The first-order chi connectivity index (χ1) is 5.77. The van der Waals surface area contributed by atoms with Crippen LogP contribution < -0.4 is 5.32 Å². The Labute approximate surface area is 75.5 Å². The zero-order valence-electron chi connectivity index (χ0n) is 6.53. The minimum atomic E-state index is -0.320. The summed E-state index contributed by atoms with van der Waals surface area (Å²) in [6.45, 7) is 0.953. The standard InChI is InChI=1S/C9H9ClFN/c10-7-5-9-6(4-8(7)11)2-1-3-12-9/h4-5,12H,1-3H2. The molecule has 64 valence electrons. The van der Waals surface area contributed by atoms with Crippen LogP contribution in [0.3, 0.4) is 0 Å². The van der Waals surface area contributed by atoms with Crippen LogP contribution in [0.2, 0.25) is 5.02 Å². The van der Waals surface area contributed by atoms with E-state index in [0.717, 1.165) is 30.6 Å². The van der Waals surface area contributed by atoms with Crippen molar-refractivity contribution in [2.45, 2.75) is 12.8 Å². The summed E-state index contributed by atoms with van der Waals surface area (Å²) in [5.74, 6) is -0.320. The van der Waals surface area contributed by atoms with Gasteiger partial charge in [0.2, 0.25) is 0 Å². The second kappa shape index (κ2) is 2.94. The van der Waals surface area contributed by atoms with Crippen LogP contribution in [0.1, 0.15) is 12.0 Å². The predicted molar refractivity (Wildman–Crippen MR) is 48.2 cm³/mol. The van der Waals surface area contributed by atoms with Crippen LogP contribution in [0.15, 0.2) is 12.1 Å². The first kappa shape index (κ1) is 7.87. The molecule has 1 aromatic rings. The number of anilines is 1. The molecule has 0 aromatic heterocycles. The van der Waals surface area contributed by atoms with Crippen molar-refractivity contribution in [3.63, 3.8) is 0 Å². The molecule has 0 unspecified atom stereocenters. The van der Waals surface area contributed by atoms with Gasteiger partial charge in [0.1, 0.15) is 5.82 Å². The van der Waals surface area contributed by atoms with Crippen molar-refractivity contribution in [3.05, 3.63) is 28.5 Å². The first-order valence-electron chi connectivity index (χ1n) is 3.99. The van der Waals surface area contributed by atoms with Gasteiger partial charge in [-0.15, -0.1) is 0 Å². The Bertz CT molecular complexity index is 281. The van der Waals surface area contributed by atoms with E-state index in [1.165, 1.54) is 6.07 Å². The molecule has 0 saturated carbocycles. The smallest absolute Gasteiger partial charge is 0.142 e. The van der Waals surface area contributed by atoms with Gasteiger partial charge < -0.3 is 5.32 Å². The van der Waals surface area contributed by atoms with Gasteiger partial charge in [-0.2, -0.15) is 0 Å². The van der Waals surface area contributed by atoms with Gasteiger partial charge in [-0.3, -0.25) is 0 Å². The fourth-order valence-corrected chi connectivity index (χ4v) is 1.62. The zero-order valence-corrected chi connectivity index (χ0v) is 7.29. The van der Waals surface area contributed by atoms with Crippen molar-refractivity contribution in [1.82, 2.24) is 0 Å². The maximum Gasteiger partial charge on any atom is 0.142 e. The first-order valence-corrected chi connectivity index (χ1v) is 4.37. The molecule has 0 amide bonds. The predicted octanol–water partition coefficient (Wildman–Crippen LogP) is 2.84. The topological polar surface area (TPSA) is 12.0 Å². The summed E-state index contributed by atoms with van der Waals surface area (Å²) >= 11 is 5.63. The third-order valence-corrected chi connectivity index (χ3v) is 2.37. The molecule has 1 heterocycles. The number of nitrogens with one attached hydrogen (secondary N) is 1. The van der Waals surface area contributed by atoms with Gasteiger partial charge in [0, 0.05) is 12.2 Å². The highest BCUT2D eigenvalue weighted by molar-refractivity contribution is 6.31. The van der Waals surface area contributed by atoms with E-state index in [1.54, 1.807) is 6.07 Å². The molecule has 1 aliphatic rings. The summed E-state index contributed by atoms with van der Waals surface area (Å²) in [5.41, 5.74) is 2.01. The molecule has 1 aliphatic heterocycles. The molecular formula is C9H9ClFN. The molecular weight excluding hydrogens is 177 g/mol. The van der Waals surface area contributed by atoms with Gasteiger partial charge in [0.05, 0.1) is 5.02 Å². The molecule has 0 saturated heterocycles. The number of hydrogen-bond donors (Lipinski definition) is 1. The van der Waals surface area contributed by atoms with Crippen molar-refractivity contribution in [2.24, 2.45) is 0 Å². The molecule has 0 bridgehead atoms. The highest BCUT2D eigenvalue weighted by atomic mass is 35.5. The molecule has 0 aliphatic carbocycles. The largest absolute Gasteiger partial charge is 0.385 e. The fourth-order valence-electron chi connectivity index (χ4n) is 1.46. The second-order valence-corrected chi connectivity index (χ2v) is 3.36. The van der Waals surface area contributed by atoms with E-state index in [1.807, 2.05) is 0 Å². The molecule has 0 fully saturated rings. The maximum absolute atomic E-state index is 12.9. The summed E-state index contributed by atoms with van der Waals surface area (Å²) in [6.07, 6.45) is 2.00. The zero-order chi connectivity index (χ0) is 8.55. The van der Waals surface area contributed by atoms with Gasteiger partial charge in [-0.05, 0) is 30.5 Å². The highest BCUT2D eigenvalue weighted by Crippen LogP contribution is 2.27. The quantitative estimate of drug-likeness (QED) is 0.656. The Morgan fingerprint density at radius 1 is 1.42 bits per heavy atom. The molecule has 1 nitrogen and oxygen atoms in total. The lowest BCUT2D eigenvalue weighted by atomic mass is 10.0. The van der Waals surface area contributed by atoms with E-state index in [-0.39, 0.29) is 10.8 Å². The maximum atomic E-state index is 12.9. The molecule has 3 heteroatoms. The number of aryl methyl sites for hydroxylation is 1. The van der Waals surface area contributed by atoms with E-state index in [0.29, 0.717) is 0 Å². The van der Waals surface area contributed by atoms with Crippen LogP contribution in [-0.2, 0) is 6.42 Å². The van der Waals surface area contributed by atoms with Crippen LogP contribution in [0.5, 0.6) is 0 Å². The number of rotatable bonds is 0. The summed E-state index contributed by atoms with van der Waals surface area (Å²) in [4.78, 5) is 0. The van der Waals surface area contributed by atoms with E-state index < -0.39 is 0 Å². The minimum absolute atomic E-state index is 0.197. The Hall–Kier alpha value is -0.760. The Kier molecular flexibility index (Phi) is 1.93. The SMILES string of the molecule is Fc1cc2c(cc1Cl)NCCC2. The molecule has 1 N–H and O–H groups in total. The average molecular weight is 186 g/mol. The molecule has 0 atom stereocenters. The number of benzene rings is 1. The van der Waals surface area contributed by atoms with Crippen LogP contribution in [-0.4, -0.2) is 6.54 Å². The number of halogens is 2. The van der Waals surface area contributed by atoms with Crippen molar-refractivity contribution in [3.8, 4) is 0 Å². The van der Waals surface area contributed by atoms with Crippen LogP contribution >= 0.6 is 11.6 Å². The lowest BCUT2D eigenvalue weighted by molar-refractivity contribution is 0.624.